The monoisotopic (exact) mass is 306 g/mol. The molecule has 0 spiro atoms. The van der Waals surface area contributed by atoms with Crippen molar-refractivity contribution in [3.05, 3.63) is 59.7 Å². The highest BCUT2D eigenvalue weighted by atomic mass is 15.1. The topological polar surface area (TPSA) is 24.4 Å². The number of nitrogens with one attached hydrogen (secondary N) is 1. The lowest BCUT2D eigenvalue weighted by Gasteiger charge is -2.32. The number of hydrogen-bond donors (Lipinski definition) is 1. The van der Waals surface area contributed by atoms with E-state index in [-0.39, 0.29) is 6.17 Å². The second-order valence-corrected chi connectivity index (χ2v) is 6.72. The zero-order chi connectivity index (χ0) is 16.4. The van der Waals surface area contributed by atoms with Gasteiger partial charge in [-0.25, -0.2) is 0 Å². The lowest BCUT2D eigenvalue weighted by atomic mass is 9.87. The third kappa shape index (κ3) is 3.53. The van der Waals surface area contributed by atoms with Crippen LogP contribution >= 0.6 is 0 Å². The number of hydrogen-bond acceptors (Lipinski definition) is 2. The van der Waals surface area contributed by atoms with Crippen LogP contribution in [-0.4, -0.2) is 17.9 Å². The number of benzene rings is 2. The minimum atomic E-state index is 0.240. The van der Waals surface area contributed by atoms with Crippen molar-refractivity contribution in [1.82, 2.24) is 5.32 Å². The van der Waals surface area contributed by atoms with Crippen LogP contribution in [0.5, 0.6) is 0 Å². The van der Waals surface area contributed by atoms with Crippen LogP contribution in [-0.2, 0) is 6.42 Å². The van der Waals surface area contributed by atoms with Crippen LogP contribution in [0.3, 0.4) is 0 Å². The Morgan fingerprint density at radius 3 is 2.30 bits per heavy atom. The molecule has 0 saturated carbocycles. The normalized spacial score (nSPS) is 24.3. The first-order chi connectivity index (χ1) is 11.0. The molecule has 2 aromatic carbocycles. The number of aryl methyl sites for hydroxylation is 1. The van der Waals surface area contributed by atoms with Crippen molar-refractivity contribution in [3.63, 3.8) is 0 Å². The van der Waals surface area contributed by atoms with Gasteiger partial charge >= 0.3 is 0 Å². The Labute approximate surface area is 139 Å². The number of rotatable bonds is 3. The van der Waals surface area contributed by atoms with Crippen molar-refractivity contribution >= 4 is 5.71 Å². The summed E-state index contributed by atoms with van der Waals surface area (Å²) in [7, 11) is 0. The van der Waals surface area contributed by atoms with Crippen molar-refractivity contribution in [2.24, 2.45) is 10.9 Å². The van der Waals surface area contributed by atoms with Crippen LogP contribution in [0.1, 0.15) is 31.9 Å². The molecular formula is C21H26N2. The van der Waals surface area contributed by atoms with Gasteiger partial charge in [-0.2, -0.15) is 0 Å². The highest BCUT2D eigenvalue weighted by Crippen LogP contribution is 2.25. The minimum absolute atomic E-state index is 0.240. The Bertz CT molecular complexity index is 700. The predicted molar refractivity (Wildman–Crippen MR) is 99.0 cm³/mol. The van der Waals surface area contributed by atoms with E-state index in [4.69, 9.17) is 4.99 Å². The summed E-state index contributed by atoms with van der Waals surface area (Å²) in [5, 5.41) is 3.54. The van der Waals surface area contributed by atoms with Crippen LogP contribution in [0.25, 0.3) is 11.1 Å². The zero-order valence-corrected chi connectivity index (χ0v) is 14.5. The van der Waals surface area contributed by atoms with Gasteiger partial charge in [0.05, 0.1) is 6.17 Å². The van der Waals surface area contributed by atoms with Crippen LogP contribution in [0, 0.1) is 12.8 Å². The van der Waals surface area contributed by atoms with Gasteiger partial charge in [0.2, 0.25) is 0 Å². The molecule has 3 atom stereocenters. The Morgan fingerprint density at radius 1 is 0.957 bits per heavy atom. The van der Waals surface area contributed by atoms with Gasteiger partial charge in [0.15, 0.2) is 0 Å². The summed E-state index contributed by atoms with van der Waals surface area (Å²) in [6.07, 6.45) is 1.29. The van der Waals surface area contributed by atoms with E-state index in [1.54, 1.807) is 0 Å². The molecule has 0 saturated heterocycles. The fraction of sp³-hybridized carbons (Fsp3) is 0.381. The lowest BCUT2D eigenvalue weighted by molar-refractivity contribution is 0.382. The fourth-order valence-corrected chi connectivity index (χ4v) is 3.59. The fourth-order valence-electron chi connectivity index (χ4n) is 3.59. The quantitative estimate of drug-likeness (QED) is 0.879. The van der Waals surface area contributed by atoms with Gasteiger partial charge in [0.25, 0.3) is 0 Å². The van der Waals surface area contributed by atoms with Crippen molar-refractivity contribution in [2.75, 3.05) is 0 Å². The Kier molecular flexibility index (Phi) is 4.63. The Morgan fingerprint density at radius 2 is 1.65 bits per heavy atom. The Hall–Kier alpha value is -1.93. The van der Waals surface area contributed by atoms with Gasteiger partial charge in [-0.15, -0.1) is 0 Å². The first kappa shape index (κ1) is 15.9. The van der Waals surface area contributed by atoms with Gasteiger partial charge in [-0.1, -0.05) is 48.5 Å². The standard InChI is InChI=1S/C21H26N2/c1-14-7-5-6-8-20(14)19-11-9-18(10-12-19)13-21-15(2)22-17(4)23-16(21)3/h5-12,15,17,21-22H,13H2,1-4H3. The molecule has 3 unspecified atom stereocenters. The van der Waals surface area contributed by atoms with E-state index >= 15 is 0 Å². The van der Waals surface area contributed by atoms with Crippen LogP contribution in [0.4, 0.5) is 0 Å². The Balaban J connectivity index is 1.78. The first-order valence-corrected chi connectivity index (χ1v) is 8.50. The summed E-state index contributed by atoms with van der Waals surface area (Å²) in [5.41, 5.74) is 6.58. The summed E-state index contributed by atoms with van der Waals surface area (Å²) in [4.78, 5) is 4.69. The SMILES string of the molecule is CC1=NC(C)NC(C)C1Cc1ccc(-c2ccccc2C)cc1. The largest absolute Gasteiger partial charge is 0.293 e. The smallest absolute Gasteiger partial charge is 0.0967 e. The van der Waals surface area contributed by atoms with Crippen molar-refractivity contribution in [3.8, 4) is 11.1 Å². The van der Waals surface area contributed by atoms with Crippen LogP contribution in [0.2, 0.25) is 0 Å². The van der Waals surface area contributed by atoms with Gasteiger partial charge in [0, 0.05) is 17.7 Å². The molecule has 2 nitrogen and oxygen atoms in total. The maximum absolute atomic E-state index is 4.69. The average molecular weight is 306 g/mol. The third-order valence-electron chi connectivity index (χ3n) is 4.91. The van der Waals surface area contributed by atoms with Crippen molar-refractivity contribution in [2.45, 2.75) is 46.3 Å². The van der Waals surface area contributed by atoms with E-state index in [2.05, 4.69) is 81.5 Å². The second kappa shape index (κ2) is 6.67. The van der Waals surface area contributed by atoms with Crippen molar-refractivity contribution < 1.29 is 0 Å². The number of aliphatic imine (C=N–C) groups is 1. The van der Waals surface area contributed by atoms with E-state index in [1.165, 1.54) is 28.0 Å². The average Bonchev–Trinajstić information content (AvgIpc) is 2.52. The van der Waals surface area contributed by atoms with Gasteiger partial charge in [-0.3, -0.25) is 10.3 Å². The second-order valence-electron chi connectivity index (χ2n) is 6.72. The molecule has 1 aliphatic heterocycles. The molecule has 0 bridgehead atoms. The summed E-state index contributed by atoms with van der Waals surface area (Å²) >= 11 is 0. The van der Waals surface area contributed by atoms with E-state index in [9.17, 15) is 0 Å². The van der Waals surface area contributed by atoms with E-state index < -0.39 is 0 Å². The molecule has 2 aromatic rings. The molecule has 23 heavy (non-hydrogen) atoms. The summed E-state index contributed by atoms with van der Waals surface area (Å²) < 4.78 is 0. The third-order valence-corrected chi connectivity index (χ3v) is 4.91. The molecular weight excluding hydrogens is 280 g/mol. The number of nitrogens with zero attached hydrogens (tertiary/aromatic N) is 1. The van der Waals surface area contributed by atoms with E-state index in [0.29, 0.717) is 12.0 Å². The summed E-state index contributed by atoms with van der Waals surface area (Å²) in [6.45, 7) is 8.72. The van der Waals surface area contributed by atoms with E-state index in [0.717, 1.165) is 6.42 Å². The molecule has 1 N–H and O–H groups in total. The van der Waals surface area contributed by atoms with Crippen LogP contribution in [0.15, 0.2) is 53.5 Å². The summed E-state index contributed by atoms with van der Waals surface area (Å²) in [5.74, 6) is 0.482. The molecule has 0 aliphatic carbocycles. The molecule has 0 amide bonds. The molecule has 3 rings (SSSR count). The molecule has 0 radical (unpaired) electrons. The molecule has 120 valence electrons. The molecule has 0 fully saturated rings. The maximum Gasteiger partial charge on any atom is 0.0967 e. The molecule has 1 aliphatic rings. The molecule has 2 heteroatoms. The minimum Gasteiger partial charge on any atom is -0.293 e. The highest BCUT2D eigenvalue weighted by molar-refractivity contribution is 5.86. The van der Waals surface area contributed by atoms with Gasteiger partial charge in [-0.05, 0) is 56.4 Å². The molecule has 0 aromatic heterocycles. The maximum atomic E-state index is 4.69. The zero-order valence-electron chi connectivity index (χ0n) is 14.5. The van der Waals surface area contributed by atoms with Crippen LogP contribution < -0.4 is 5.32 Å². The molecule has 1 heterocycles. The first-order valence-electron chi connectivity index (χ1n) is 8.50. The van der Waals surface area contributed by atoms with Gasteiger partial charge < -0.3 is 0 Å². The van der Waals surface area contributed by atoms with Crippen molar-refractivity contribution in [1.29, 1.82) is 0 Å². The predicted octanol–water partition coefficient (Wildman–Crippen LogP) is 4.62. The highest BCUT2D eigenvalue weighted by Gasteiger charge is 2.26. The lowest BCUT2D eigenvalue weighted by Crippen LogP contribution is -2.46. The van der Waals surface area contributed by atoms with E-state index in [1.807, 2.05) is 0 Å². The van der Waals surface area contributed by atoms with Gasteiger partial charge in [0.1, 0.15) is 0 Å². The summed E-state index contributed by atoms with van der Waals surface area (Å²) in [6, 6.07) is 18.0.